The zero-order valence-electron chi connectivity index (χ0n) is 13.8. The Morgan fingerprint density at radius 3 is 2.79 bits per heavy atom. The molecule has 0 aliphatic carbocycles. The third-order valence-corrected chi connectivity index (χ3v) is 4.55. The molecular formula is C18H24F2N2O2. The quantitative estimate of drug-likeness (QED) is 0.607. The Balaban J connectivity index is 1.82. The van der Waals surface area contributed by atoms with Gasteiger partial charge < -0.3 is 14.8 Å². The summed E-state index contributed by atoms with van der Waals surface area (Å²) in [6.07, 6.45) is 2.28. The van der Waals surface area contributed by atoms with Crippen LogP contribution in [0, 0.1) is 0 Å². The first-order valence-electron chi connectivity index (χ1n) is 8.55. The molecule has 0 unspecified atom stereocenters. The lowest BCUT2D eigenvalue weighted by molar-refractivity contribution is -0.287. The Kier molecular flexibility index (Phi) is 5.36. The Labute approximate surface area is 141 Å². The van der Waals surface area contributed by atoms with E-state index >= 15 is 0 Å². The molecule has 1 N–H and O–H groups in total. The standard InChI is InChI=1S/C18H24F2N2O2/c1-2-3-4-5-8-15(22-12-10-21-11-13-22)14-7-6-9-16-17(14)24-18(19,20)23-16/h2,6-7,9,15,21H,1,3-5,8,10-13H2/t15-/m0/s1. The van der Waals surface area contributed by atoms with Crippen LogP contribution in [-0.4, -0.2) is 37.4 Å². The van der Waals surface area contributed by atoms with Crippen LogP contribution in [0.2, 0.25) is 0 Å². The highest BCUT2D eigenvalue weighted by atomic mass is 19.3. The number of ether oxygens (including phenoxy) is 2. The van der Waals surface area contributed by atoms with Crippen molar-refractivity contribution in [1.82, 2.24) is 10.2 Å². The van der Waals surface area contributed by atoms with Crippen LogP contribution >= 0.6 is 0 Å². The summed E-state index contributed by atoms with van der Waals surface area (Å²) >= 11 is 0. The van der Waals surface area contributed by atoms with Gasteiger partial charge in [0.2, 0.25) is 0 Å². The first kappa shape index (κ1) is 17.2. The molecule has 2 heterocycles. The predicted molar refractivity (Wildman–Crippen MR) is 88.5 cm³/mol. The molecular weight excluding hydrogens is 314 g/mol. The number of hydrogen-bond acceptors (Lipinski definition) is 4. The molecule has 1 aromatic carbocycles. The molecule has 4 nitrogen and oxygen atoms in total. The largest absolute Gasteiger partial charge is 0.586 e. The van der Waals surface area contributed by atoms with Gasteiger partial charge in [-0.3, -0.25) is 4.90 Å². The number of piperazine rings is 1. The molecule has 3 rings (SSSR count). The summed E-state index contributed by atoms with van der Waals surface area (Å²) in [5.41, 5.74) is 0.796. The Morgan fingerprint density at radius 2 is 2.04 bits per heavy atom. The lowest BCUT2D eigenvalue weighted by Gasteiger charge is -2.35. The minimum atomic E-state index is -3.57. The number of hydrogen-bond donors (Lipinski definition) is 1. The molecule has 24 heavy (non-hydrogen) atoms. The fourth-order valence-corrected chi connectivity index (χ4v) is 3.41. The van der Waals surface area contributed by atoms with E-state index in [9.17, 15) is 8.78 Å². The SMILES string of the molecule is C=CCCCC[C@@H](c1cccc2c1OC(F)(F)O2)N1CCNCC1. The second kappa shape index (κ2) is 7.49. The van der Waals surface area contributed by atoms with Gasteiger partial charge in [-0.1, -0.05) is 24.6 Å². The molecule has 0 aromatic heterocycles. The number of alkyl halides is 2. The summed E-state index contributed by atoms with van der Waals surface area (Å²) in [5, 5.41) is 3.33. The third-order valence-electron chi connectivity index (χ3n) is 4.55. The molecule has 1 fully saturated rings. The maximum atomic E-state index is 13.5. The van der Waals surface area contributed by atoms with Crippen molar-refractivity contribution < 1.29 is 18.3 Å². The molecule has 1 atom stereocenters. The fraction of sp³-hybridized carbons (Fsp3) is 0.556. The van der Waals surface area contributed by atoms with Crippen LogP contribution in [0.5, 0.6) is 11.5 Å². The van der Waals surface area contributed by atoms with Crippen LogP contribution in [0.25, 0.3) is 0 Å². The van der Waals surface area contributed by atoms with E-state index in [0.717, 1.165) is 57.4 Å². The van der Waals surface area contributed by atoms with Crippen molar-refractivity contribution in [3.63, 3.8) is 0 Å². The van der Waals surface area contributed by atoms with Gasteiger partial charge in [-0.2, -0.15) is 0 Å². The average Bonchev–Trinajstić information content (AvgIpc) is 2.90. The molecule has 0 saturated carbocycles. The number of rotatable bonds is 7. The zero-order valence-corrected chi connectivity index (χ0v) is 13.8. The highest BCUT2D eigenvalue weighted by Gasteiger charge is 2.45. The molecule has 0 spiro atoms. The van der Waals surface area contributed by atoms with Crippen molar-refractivity contribution in [1.29, 1.82) is 0 Å². The Hall–Kier alpha value is -1.66. The zero-order chi connectivity index (χ0) is 17.0. The monoisotopic (exact) mass is 338 g/mol. The van der Waals surface area contributed by atoms with Crippen LogP contribution in [0.3, 0.4) is 0 Å². The second-order valence-corrected chi connectivity index (χ2v) is 6.22. The minimum absolute atomic E-state index is 0.0596. The molecule has 0 bridgehead atoms. The smallest absolute Gasteiger partial charge is 0.395 e. The Bertz CT molecular complexity index is 574. The van der Waals surface area contributed by atoms with E-state index in [-0.39, 0.29) is 17.5 Å². The second-order valence-electron chi connectivity index (χ2n) is 6.22. The lowest BCUT2D eigenvalue weighted by Crippen LogP contribution is -2.45. The highest BCUT2D eigenvalue weighted by Crippen LogP contribution is 2.47. The summed E-state index contributed by atoms with van der Waals surface area (Å²) in [6.45, 7) is 7.36. The van der Waals surface area contributed by atoms with Crippen LogP contribution in [0.15, 0.2) is 30.9 Å². The normalized spacial score (nSPS) is 20.8. The van der Waals surface area contributed by atoms with Gasteiger partial charge in [-0.05, 0) is 25.3 Å². The van der Waals surface area contributed by atoms with Crippen molar-refractivity contribution in [3.8, 4) is 11.5 Å². The van der Waals surface area contributed by atoms with E-state index in [0.29, 0.717) is 0 Å². The van der Waals surface area contributed by atoms with E-state index in [1.54, 1.807) is 6.07 Å². The van der Waals surface area contributed by atoms with E-state index < -0.39 is 6.29 Å². The molecule has 0 radical (unpaired) electrons. The van der Waals surface area contributed by atoms with Gasteiger partial charge in [0.25, 0.3) is 0 Å². The number of benzene rings is 1. The van der Waals surface area contributed by atoms with Crippen molar-refractivity contribution >= 4 is 0 Å². The molecule has 2 aliphatic heterocycles. The fourth-order valence-electron chi connectivity index (χ4n) is 3.41. The minimum Gasteiger partial charge on any atom is -0.395 e. The maximum absolute atomic E-state index is 13.5. The van der Waals surface area contributed by atoms with Crippen molar-refractivity contribution in [2.75, 3.05) is 26.2 Å². The number of para-hydroxylation sites is 1. The van der Waals surface area contributed by atoms with E-state index in [4.69, 9.17) is 4.74 Å². The summed E-state index contributed by atoms with van der Waals surface area (Å²) in [5.74, 6) is 0.318. The summed E-state index contributed by atoms with van der Waals surface area (Å²) < 4.78 is 36.4. The number of halogens is 2. The van der Waals surface area contributed by atoms with Crippen LogP contribution in [-0.2, 0) is 0 Å². The number of unbranched alkanes of at least 4 members (excludes halogenated alkanes) is 2. The third kappa shape index (κ3) is 3.87. The molecule has 0 amide bonds. The van der Waals surface area contributed by atoms with Gasteiger partial charge in [0.05, 0.1) is 0 Å². The van der Waals surface area contributed by atoms with Gasteiger partial charge in [0.15, 0.2) is 11.5 Å². The Morgan fingerprint density at radius 1 is 1.25 bits per heavy atom. The number of nitrogens with zero attached hydrogens (tertiary/aromatic N) is 1. The van der Waals surface area contributed by atoms with Crippen molar-refractivity contribution in [2.45, 2.75) is 38.0 Å². The van der Waals surface area contributed by atoms with Gasteiger partial charge in [-0.15, -0.1) is 15.4 Å². The lowest BCUT2D eigenvalue weighted by atomic mass is 9.97. The summed E-state index contributed by atoms with van der Waals surface area (Å²) in [4.78, 5) is 2.35. The molecule has 132 valence electrons. The summed E-state index contributed by atoms with van der Waals surface area (Å²) in [7, 11) is 0. The first-order chi connectivity index (χ1) is 11.6. The predicted octanol–water partition coefficient (Wildman–Crippen LogP) is 3.70. The number of fused-ring (bicyclic) bond motifs is 1. The number of allylic oxidation sites excluding steroid dienone is 1. The van der Waals surface area contributed by atoms with E-state index in [1.807, 2.05) is 12.1 Å². The molecule has 1 aromatic rings. The van der Waals surface area contributed by atoms with Crippen LogP contribution in [0.1, 0.15) is 37.3 Å². The average molecular weight is 338 g/mol. The maximum Gasteiger partial charge on any atom is 0.586 e. The van der Waals surface area contributed by atoms with Crippen molar-refractivity contribution in [3.05, 3.63) is 36.4 Å². The van der Waals surface area contributed by atoms with Gasteiger partial charge in [0.1, 0.15) is 0 Å². The highest BCUT2D eigenvalue weighted by molar-refractivity contribution is 5.50. The molecule has 1 saturated heterocycles. The number of nitrogens with one attached hydrogen (secondary N) is 1. The van der Waals surface area contributed by atoms with Crippen molar-refractivity contribution in [2.24, 2.45) is 0 Å². The summed E-state index contributed by atoms with van der Waals surface area (Å²) in [6, 6.07) is 5.23. The topological polar surface area (TPSA) is 33.7 Å². The van der Waals surface area contributed by atoms with Crippen LogP contribution in [0.4, 0.5) is 8.78 Å². The van der Waals surface area contributed by atoms with Crippen LogP contribution < -0.4 is 14.8 Å². The van der Waals surface area contributed by atoms with Gasteiger partial charge in [-0.25, -0.2) is 0 Å². The first-order valence-corrected chi connectivity index (χ1v) is 8.55. The molecule has 6 heteroatoms. The molecule has 2 aliphatic rings. The van der Waals surface area contributed by atoms with E-state index in [2.05, 4.69) is 21.5 Å². The van der Waals surface area contributed by atoms with E-state index in [1.165, 1.54) is 6.07 Å². The van der Waals surface area contributed by atoms with Gasteiger partial charge >= 0.3 is 6.29 Å². The van der Waals surface area contributed by atoms with Gasteiger partial charge in [0, 0.05) is 37.8 Å².